The molecule has 0 saturated carbocycles. The van der Waals surface area contributed by atoms with Crippen LogP contribution >= 0.6 is 0 Å². The van der Waals surface area contributed by atoms with Crippen LogP contribution in [0.5, 0.6) is 17.4 Å². The van der Waals surface area contributed by atoms with Crippen molar-refractivity contribution < 1.29 is 38.1 Å². The van der Waals surface area contributed by atoms with Gasteiger partial charge in [-0.1, -0.05) is 36.9 Å². The fourth-order valence-corrected chi connectivity index (χ4v) is 4.82. The van der Waals surface area contributed by atoms with Crippen LogP contribution in [0.4, 0.5) is 4.79 Å². The highest BCUT2D eigenvalue weighted by Gasteiger charge is 2.42. The molecule has 1 saturated heterocycles. The molecule has 0 aliphatic carbocycles. The lowest BCUT2D eigenvalue weighted by molar-refractivity contribution is -0.150. The predicted molar refractivity (Wildman–Crippen MR) is 164 cm³/mol. The Kier molecular flexibility index (Phi) is 10.7. The summed E-state index contributed by atoms with van der Waals surface area (Å²) in [6, 6.07) is 10.1. The zero-order chi connectivity index (χ0) is 31.6. The zero-order valence-corrected chi connectivity index (χ0v) is 25.0. The van der Waals surface area contributed by atoms with Gasteiger partial charge in [-0.05, 0) is 24.5 Å². The minimum absolute atomic E-state index is 0.0481. The first kappa shape index (κ1) is 31.8. The first-order chi connectivity index (χ1) is 21.3. The number of unbranched alkanes of at least 4 members (excludes halogenated alkanes) is 1. The molecule has 0 spiro atoms. The molecule has 4 rings (SSSR count). The third-order valence-corrected chi connectivity index (χ3v) is 7.04. The largest absolute Gasteiger partial charge is 0.493 e. The Balaban J connectivity index is 1.61. The summed E-state index contributed by atoms with van der Waals surface area (Å²) in [6.07, 6.45) is 3.55. The molecule has 2 amide bonds. The van der Waals surface area contributed by atoms with E-state index >= 15 is 0 Å². The van der Waals surface area contributed by atoms with Gasteiger partial charge in [0, 0.05) is 24.1 Å². The number of hydrogen-bond acceptors (Lipinski definition) is 10. The second-order valence-corrected chi connectivity index (χ2v) is 9.88. The van der Waals surface area contributed by atoms with Crippen molar-refractivity contribution in [2.75, 3.05) is 41.0 Å². The zero-order valence-electron chi connectivity index (χ0n) is 25.0. The average molecular weight is 605 g/mol. The van der Waals surface area contributed by atoms with Gasteiger partial charge < -0.3 is 33.9 Å². The van der Waals surface area contributed by atoms with E-state index in [9.17, 15) is 14.4 Å². The average Bonchev–Trinajstić information content (AvgIpc) is 3.48. The molecule has 12 heteroatoms. The normalized spacial score (nSPS) is 15.8. The summed E-state index contributed by atoms with van der Waals surface area (Å²) in [5.74, 6) is 0.0763. The quantitative estimate of drug-likeness (QED) is 0.172. The smallest absolute Gasteiger partial charge is 0.407 e. The van der Waals surface area contributed by atoms with Crippen LogP contribution in [0.2, 0.25) is 0 Å². The number of nitrogens with one attached hydrogen (secondary N) is 1. The fourth-order valence-electron chi connectivity index (χ4n) is 4.82. The van der Waals surface area contributed by atoms with Crippen LogP contribution in [-0.4, -0.2) is 86.0 Å². The molecule has 1 unspecified atom stereocenters. The Hall–Kier alpha value is -5.13. The SMILES string of the molecule is C=CCCCOC(=O)NCC(=O)N1C[C@H](Oc2nc3cc(OC)c(OC)cc3nc2-c2cccc(C=C)c2)CC1C(=O)OC. The van der Waals surface area contributed by atoms with Crippen LogP contribution < -0.4 is 19.5 Å². The molecule has 1 aliphatic rings. The number of aromatic nitrogens is 2. The number of carbonyl (C=O) groups excluding carboxylic acids is 3. The van der Waals surface area contributed by atoms with E-state index in [1.165, 1.54) is 26.2 Å². The molecular weight excluding hydrogens is 568 g/mol. The molecule has 1 N–H and O–H groups in total. The molecule has 1 aromatic heterocycles. The molecule has 44 heavy (non-hydrogen) atoms. The third-order valence-electron chi connectivity index (χ3n) is 7.04. The topological polar surface area (TPSA) is 138 Å². The van der Waals surface area contributed by atoms with Gasteiger partial charge in [-0.25, -0.2) is 19.6 Å². The van der Waals surface area contributed by atoms with Gasteiger partial charge in [-0.3, -0.25) is 4.79 Å². The predicted octanol–water partition coefficient (Wildman–Crippen LogP) is 4.17. The molecule has 1 fully saturated rings. The lowest BCUT2D eigenvalue weighted by Crippen LogP contribution is -2.46. The van der Waals surface area contributed by atoms with Crippen LogP contribution in [0.25, 0.3) is 28.4 Å². The maximum absolute atomic E-state index is 13.1. The van der Waals surface area contributed by atoms with Crippen molar-refractivity contribution >= 4 is 35.1 Å². The summed E-state index contributed by atoms with van der Waals surface area (Å²) in [4.78, 5) is 48.8. The van der Waals surface area contributed by atoms with Crippen molar-refractivity contribution in [3.63, 3.8) is 0 Å². The Morgan fingerprint density at radius 2 is 1.77 bits per heavy atom. The maximum atomic E-state index is 13.1. The van der Waals surface area contributed by atoms with Crippen LogP contribution in [0.3, 0.4) is 0 Å². The molecule has 232 valence electrons. The Morgan fingerprint density at radius 1 is 1.05 bits per heavy atom. The van der Waals surface area contributed by atoms with Crippen molar-refractivity contribution in [2.45, 2.75) is 31.4 Å². The number of fused-ring (bicyclic) bond motifs is 1. The molecular formula is C32H36N4O8. The number of benzene rings is 2. The monoisotopic (exact) mass is 604 g/mol. The molecule has 3 aromatic rings. The number of methoxy groups -OCH3 is 3. The summed E-state index contributed by atoms with van der Waals surface area (Å²) in [5, 5.41) is 2.44. The first-order valence-corrected chi connectivity index (χ1v) is 14.0. The number of esters is 1. The second-order valence-electron chi connectivity index (χ2n) is 9.88. The molecule has 2 heterocycles. The van der Waals surface area contributed by atoms with Crippen LogP contribution in [0.15, 0.2) is 55.6 Å². The van der Waals surface area contributed by atoms with Gasteiger partial charge in [0.2, 0.25) is 11.8 Å². The van der Waals surface area contributed by atoms with E-state index in [-0.39, 0.29) is 32.0 Å². The number of allylic oxidation sites excluding steroid dienone is 1. The van der Waals surface area contributed by atoms with Crippen molar-refractivity contribution in [1.82, 2.24) is 20.2 Å². The summed E-state index contributed by atoms with van der Waals surface area (Å²) in [5.41, 5.74) is 3.10. The molecule has 1 aliphatic heterocycles. The highest BCUT2D eigenvalue weighted by atomic mass is 16.5. The summed E-state index contributed by atoms with van der Waals surface area (Å²) >= 11 is 0. The van der Waals surface area contributed by atoms with Crippen LogP contribution in [0, 0.1) is 0 Å². The number of hydrogen-bond donors (Lipinski definition) is 1. The van der Waals surface area contributed by atoms with E-state index in [0.717, 1.165) is 11.1 Å². The van der Waals surface area contributed by atoms with E-state index in [4.69, 9.17) is 33.7 Å². The van der Waals surface area contributed by atoms with E-state index in [2.05, 4.69) is 18.5 Å². The van der Waals surface area contributed by atoms with Gasteiger partial charge in [0.05, 0.1) is 45.5 Å². The Bertz CT molecular complexity index is 1540. The van der Waals surface area contributed by atoms with Crippen molar-refractivity contribution in [3.8, 4) is 28.6 Å². The number of rotatable bonds is 13. The van der Waals surface area contributed by atoms with E-state index in [1.54, 1.807) is 24.3 Å². The van der Waals surface area contributed by atoms with Gasteiger partial charge in [-0.2, -0.15) is 0 Å². The van der Waals surface area contributed by atoms with Gasteiger partial charge in [0.15, 0.2) is 11.5 Å². The lowest BCUT2D eigenvalue weighted by atomic mass is 10.1. The van der Waals surface area contributed by atoms with Gasteiger partial charge in [-0.15, -0.1) is 6.58 Å². The number of nitrogens with zero attached hydrogens (tertiary/aromatic N) is 3. The fraction of sp³-hybridized carbons (Fsp3) is 0.344. The summed E-state index contributed by atoms with van der Waals surface area (Å²) in [7, 11) is 4.31. The van der Waals surface area contributed by atoms with Crippen molar-refractivity contribution in [3.05, 3.63) is 61.2 Å². The minimum atomic E-state index is -0.923. The molecule has 2 aromatic carbocycles. The van der Waals surface area contributed by atoms with Crippen molar-refractivity contribution in [1.29, 1.82) is 0 Å². The van der Waals surface area contributed by atoms with Crippen molar-refractivity contribution in [2.24, 2.45) is 0 Å². The van der Waals surface area contributed by atoms with E-state index in [0.29, 0.717) is 41.1 Å². The number of carbonyl (C=O) groups is 3. The van der Waals surface area contributed by atoms with Gasteiger partial charge in [0.25, 0.3) is 0 Å². The lowest BCUT2D eigenvalue weighted by Gasteiger charge is -2.22. The van der Waals surface area contributed by atoms with Gasteiger partial charge >= 0.3 is 12.1 Å². The molecule has 2 atom stereocenters. The Labute approximate surface area is 255 Å². The minimum Gasteiger partial charge on any atom is -0.493 e. The Morgan fingerprint density at radius 3 is 2.43 bits per heavy atom. The number of amides is 2. The first-order valence-electron chi connectivity index (χ1n) is 14.0. The summed E-state index contributed by atoms with van der Waals surface area (Å²) < 4.78 is 27.3. The highest BCUT2D eigenvalue weighted by molar-refractivity contribution is 5.88. The molecule has 0 radical (unpaired) electrons. The second kappa shape index (κ2) is 14.9. The standard InChI is InChI=1S/C32H36N4O8/c1-6-8-9-13-43-32(39)33-18-28(37)36-19-22(15-25(36)31(38)42-5)44-30-29(21-12-10-11-20(7-2)14-21)34-23-16-26(40-3)27(41-4)17-24(23)35-30/h6-7,10-12,14,16-17,22,25H,1-2,8-9,13,15,18-19H2,3-5H3,(H,33,39)/t22-,25?/m1/s1. The summed E-state index contributed by atoms with van der Waals surface area (Å²) in [6.45, 7) is 7.35. The third kappa shape index (κ3) is 7.44. The number of likely N-dealkylation sites (tertiary alicyclic amines) is 1. The number of alkyl carbamates (subject to hydrolysis) is 1. The van der Waals surface area contributed by atoms with Crippen LogP contribution in [0.1, 0.15) is 24.8 Å². The van der Waals surface area contributed by atoms with Crippen LogP contribution in [-0.2, 0) is 19.1 Å². The van der Waals surface area contributed by atoms with E-state index < -0.39 is 30.1 Å². The maximum Gasteiger partial charge on any atom is 0.407 e. The highest BCUT2D eigenvalue weighted by Crippen LogP contribution is 2.36. The van der Waals surface area contributed by atoms with Gasteiger partial charge in [0.1, 0.15) is 24.4 Å². The molecule has 0 bridgehead atoms. The molecule has 12 nitrogen and oxygen atoms in total. The number of ether oxygens (including phenoxy) is 5. The van der Waals surface area contributed by atoms with E-state index in [1.807, 2.05) is 24.3 Å².